The third kappa shape index (κ3) is 1.25. The lowest BCUT2D eigenvalue weighted by Crippen LogP contribution is -1.95. The van der Waals surface area contributed by atoms with E-state index in [0.29, 0.717) is 0 Å². The predicted octanol–water partition coefficient (Wildman–Crippen LogP) is 2.19. The zero-order valence-electron chi connectivity index (χ0n) is 8.71. The standard InChI is InChI=1S/C11H10N4S/c1-16-11-13-10-6-8(12)7-4-2-3-5-9(7)15(10)14-11/h2-6H,12H2,1H3. The van der Waals surface area contributed by atoms with Crippen molar-refractivity contribution >= 4 is 34.0 Å². The van der Waals surface area contributed by atoms with Crippen LogP contribution in [0.5, 0.6) is 0 Å². The average Bonchev–Trinajstić information content (AvgIpc) is 2.72. The molecule has 0 fully saturated rings. The van der Waals surface area contributed by atoms with Crippen LogP contribution in [0.4, 0.5) is 5.69 Å². The van der Waals surface area contributed by atoms with Crippen molar-refractivity contribution in [3.05, 3.63) is 30.3 Å². The van der Waals surface area contributed by atoms with Gasteiger partial charge in [-0.25, -0.2) is 9.50 Å². The molecule has 0 saturated heterocycles. The molecule has 2 aromatic heterocycles. The molecule has 0 amide bonds. The van der Waals surface area contributed by atoms with Crippen LogP contribution in [0, 0.1) is 0 Å². The number of benzene rings is 1. The summed E-state index contributed by atoms with van der Waals surface area (Å²) in [4.78, 5) is 4.38. The van der Waals surface area contributed by atoms with Gasteiger partial charge in [-0.1, -0.05) is 30.0 Å². The van der Waals surface area contributed by atoms with Crippen molar-refractivity contribution in [3.63, 3.8) is 0 Å². The molecule has 0 aliphatic heterocycles. The minimum Gasteiger partial charge on any atom is -0.398 e. The topological polar surface area (TPSA) is 56.2 Å². The smallest absolute Gasteiger partial charge is 0.209 e. The maximum atomic E-state index is 5.99. The second kappa shape index (κ2) is 3.38. The highest BCUT2D eigenvalue weighted by atomic mass is 32.2. The quantitative estimate of drug-likeness (QED) is 0.651. The van der Waals surface area contributed by atoms with Crippen molar-refractivity contribution in [1.29, 1.82) is 0 Å². The van der Waals surface area contributed by atoms with Gasteiger partial charge in [-0.2, -0.15) is 0 Å². The van der Waals surface area contributed by atoms with Crippen molar-refractivity contribution < 1.29 is 0 Å². The van der Waals surface area contributed by atoms with E-state index in [4.69, 9.17) is 5.73 Å². The van der Waals surface area contributed by atoms with Gasteiger partial charge in [0.2, 0.25) is 5.16 Å². The fraction of sp³-hybridized carbons (Fsp3) is 0.0909. The van der Waals surface area contributed by atoms with Gasteiger partial charge in [-0.15, -0.1) is 5.10 Å². The van der Waals surface area contributed by atoms with Crippen LogP contribution in [-0.2, 0) is 0 Å². The van der Waals surface area contributed by atoms with Gasteiger partial charge < -0.3 is 5.73 Å². The van der Waals surface area contributed by atoms with E-state index in [1.54, 1.807) is 0 Å². The SMILES string of the molecule is CSc1nc2cc(N)c3ccccc3n2n1. The van der Waals surface area contributed by atoms with Crippen LogP contribution in [0.2, 0.25) is 0 Å². The summed E-state index contributed by atoms with van der Waals surface area (Å²) >= 11 is 1.53. The van der Waals surface area contributed by atoms with Crippen molar-refractivity contribution in [1.82, 2.24) is 14.6 Å². The first-order valence-corrected chi connectivity index (χ1v) is 6.10. The molecule has 1 aromatic carbocycles. The Morgan fingerprint density at radius 3 is 2.94 bits per heavy atom. The van der Waals surface area contributed by atoms with Gasteiger partial charge in [0.1, 0.15) is 0 Å². The molecule has 3 rings (SSSR count). The number of aromatic nitrogens is 3. The maximum absolute atomic E-state index is 5.99. The highest BCUT2D eigenvalue weighted by Crippen LogP contribution is 2.23. The van der Waals surface area contributed by atoms with E-state index < -0.39 is 0 Å². The molecule has 4 nitrogen and oxygen atoms in total. The first-order chi connectivity index (χ1) is 7.79. The number of rotatable bonds is 1. The lowest BCUT2D eigenvalue weighted by atomic mass is 10.2. The van der Waals surface area contributed by atoms with Gasteiger partial charge in [0.15, 0.2) is 5.65 Å². The van der Waals surface area contributed by atoms with Crippen LogP contribution in [0.15, 0.2) is 35.5 Å². The number of anilines is 1. The van der Waals surface area contributed by atoms with Crippen molar-refractivity contribution in [3.8, 4) is 0 Å². The van der Waals surface area contributed by atoms with Gasteiger partial charge >= 0.3 is 0 Å². The highest BCUT2D eigenvalue weighted by Gasteiger charge is 2.08. The lowest BCUT2D eigenvalue weighted by molar-refractivity contribution is 0.916. The Morgan fingerprint density at radius 2 is 2.12 bits per heavy atom. The first kappa shape index (κ1) is 9.47. The van der Waals surface area contributed by atoms with Gasteiger partial charge in [0, 0.05) is 17.1 Å². The molecule has 16 heavy (non-hydrogen) atoms. The Labute approximate surface area is 96.5 Å². The number of fused-ring (bicyclic) bond motifs is 3. The fourth-order valence-corrected chi connectivity index (χ4v) is 2.13. The Hall–Kier alpha value is -1.75. The normalized spacial score (nSPS) is 11.3. The number of pyridine rings is 1. The third-order valence-electron chi connectivity index (χ3n) is 2.52. The van der Waals surface area contributed by atoms with E-state index in [0.717, 1.165) is 27.4 Å². The van der Waals surface area contributed by atoms with E-state index in [1.165, 1.54) is 11.8 Å². The summed E-state index contributed by atoms with van der Waals surface area (Å²) in [5.74, 6) is 0. The van der Waals surface area contributed by atoms with Crippen LogP contribution < -0.4 is 5.73 Å². The number of nitrogen functional groups attached to an aromatic ring is 1. The average molecular weight is 230 g/mol. The Bertz CT molecular complexity index is 674. The van der Waals surface area contributed by atoms with Crippen LogP contribution in [-0.4, -0.2) is 20.9 Å². The fourth-order valence-electron chi connectivity index (χ4n) is 1.78. The zero-order valence-corrected chi connectivity index (χ0v) is 9.53. The van der Waals surface area contributed by atoms with Gasteiger partial charge in [-0.05, 0) is 12.3 Å². The molecule has 2 N–H and O–H groups in total. The largest absolute Gasteiger partial charge is 0.398 e. The Morgan fingerprint density at radius 1 is 1.31 bits per heavy atom. The van der Waals surface area contributed by atoms with E-state index in [-0.39, 0.29) is 0 Å². The number of nitrogens with two attached hydrogens (primary N) is 1. The van der Waals surface area contributed by atoms with E-state index >= 15 is 0 Å². The van der Waals surface area contributed by atoms with E-state index in [1.807, 2.05) is 41.1 Å². The third-order valence-corrected chi connectivity index (χ3v) is 3.06. The summed E-state index contributed by atoms with van der Waals surface area (Å²) in [6.45, 7) is 0. The predicted molar refractivity (Wildman–Crippen MR) is 66.7 cm³/mol. The van der Waals surface area contributed by atoms with Gasteiger partial charge in [0.25, 0.3) is 0 Å². The summed E-state index contributed by atoms with van der Waals surface area (Å²) in [5.41, 5.74) is 8.51. The number of hydrogen-bond acceptors (Lipinski definition) is 4. The molecule has 0 unspecified atom stereocenters. The molecule has 0 atom stereocenters. The summed E-state index contributed by atoms with van der Waals surface area (Å²) in [7, 11) is 0. The first-order valence-electron chi connectivity index (χ1n) is 4.87. The number of thioether (sulfide) groups is 1. The molecule has 80 valence electrons. The minimum atomic E-state index is 0.739. The second-order valence-electron chi connectivity index (χ2n) is 3.49. The molecular formula is C11H10N4S. The molecule has 5 heteroatoms. The molecule has 0 aliphatic carbocycles. The second-order valence-corrected chi connectivity index (χ2v) is 4.26. The number of hydrogen-bond donors (Lipinski definition) is 1. The zero-order chi connectivity index (χ0) is 11.1. The van der Waals surface area contributed by atoms with Crippen molar-refractivity contribution in [2.45, 2.75) is 5.16 Å². The Balaban J connectivity index is 2.52. The monoisotopic (exact) mass is 230 g/mol. The summed E-state index contributed by atoms with van der Waals surface area (Å²) in [6, 6.07) is 9.79. The number of para-hydroxylation sites is 1. The molecule has 0 radical (unpaired) electrons. The van der Waals surface area contributed by atoms with Crippen LogP contribution >= 0.6 is 11.8 Å². The lowest BCUT2D eigenvalue weighted by Gasteiger charge is -2.02. The molecule has 0 spiro atoms. The minimum absolute atomic E-state index is 0.739. The van der Waals surface area contributed by atoms with Crippen LogP contribution in [0.3, 0.4) is 0 Å². The van der Waals surface area contributed by atoms with Crippen molar-refractivity contribution in [2.75, 3.05) is 12.0 Å². The van der Waals surface area contributed by atoms with Gasteiger partial charge in [0.05, 0.1) is 5.52 Å². The van der Waals surface area contributed by atoms with Crippen molar-refractivity contribution in [2.24, 2.45) is 0 Å². The Kier molecular flexibility index (Phi) is 2.00. The molecule has 2 heterocycles. The molecular weight excluding hydrogens is 220 g/mol. The molecule has 0 saturated carbocycles. The summed E-state index contributed by atoms with van der Waals surface area (Å²) < 4.78 is 1.83. The summed E-state index contributed by atoms with van der Waals surface area (Å²) in [5, 5.41) is 6.18. The van der Waals surface area contributed by atoms with E-state index in [2.05, 4.69) is 10.1 Å². The molecule has 3 aromatic rings. The molecule has 0 bridgehead atoms. The maximum Gasteiger partial charge on any atom is 0.209 e. The van der Waals surface area contributed by atoms with Gasteiger partial charge in [-0.3, -0.25) is 0 Å². The van der Waals surface area contributed by atoms with Crippen LogP contribution in [0.1, 0.15) is 0 Å². The molecule has 0 aliphatic rings. The highest BCUT2D eigenvalue weighted by molar-refractivity contribution is 7.98. The van der Waals surface area contributed by atoms with E-state index in [9.17, 15) is 0 Å². The summed E-state index contributed by atoms with van der Waals surface area (Å²) in [6.07, 6.45) is 1.96. The number of nitrogens with zero attached hydrogens (tertiary/aromatic N) is 3. The van der Waals surface area contributed by atoms with Crippen LogP contribution in [0.25, 0.3) is 16.6 Å².